The van der Waals surface area contributed by atoms with Gasteiger partial charge in [0.1, 0.15) is 5.82 Å². The van der Waals surface area contributed by atoms with E-state index in [-0.39, 0.29) is 5.91 Å². The highest BCUT2D eigenvalue weighted by Gasteiger charge is 2.12. The molecule has 0 aliphatic carbocycles. The first-order valence-electron chi connectivity index (χ1n) is 6.16. The summed E-state index contributed by atoms with van der Waals surface area (Å²) in [5.74, 6) is 0.493. The van der Waals surface area contributed by atoms with Crippen LogP contribution in [0.3, 0.4) is 0 Å². The summed E-state index contributed by atoms with van der Waals surface area (Å²) in [7, 11) is 0. The SMILES string of the molecule is Cc1ccc(C)c(NC(=O)c2cnc(C)nc2C)c1. The van der Waals surface area contributed by atoms with Crippen LogP contribution in [-0.4, -0.2) is 15.9 Å². The molecule has 2 rings (SSSR count). The van der Waals surface area contributed by atoms with E-state index in [9.17, 15) is 4.79 Å². The third-order valence-corrected chi connectivity index (χ3v) is 2.99. The Hall–Kier alpha value is -2.23. The number of nitrogens with one attached hydrogen (secondary N) is 1. The van der Waals surface area contributed by atoms with Crippen molar-refractivity contribution in [1.82, 2.24) is 9.97 Å². The van der Waals surface area contributed by atoms with E-state index in [0.29, 0.717) is 17.1 Å². The Kier molecular flexibility index (Phi) is 3.60. The lowest BCUT2D eigenvalue weighted by atomic mass is 10.1. The van der Waals surface area contributed by atoms with Gasteiger partial charge in [-0.15, -0.1) is 0 Å². The minimum absolute atomic E-state index is 0.175. The van der Waals surface area contributed by atoms with Crippen molar-refractivity contribution in [2.45, 2.75) is 27.7 Å². The summed E-state index contributed by atoms with van der Waals surface area (Å²) in [5, 5.41) is 2.91. The van der Waals surface area contributed by atoms with Crippen molar-refractivity contribution < 1.29 is 4.79 Å². The molecule has 1 aromatic heterocycles. The highest BCUT2D eigenvalue weighted by Crippen LogP contribution is 2.17. The second-order valence-corrected chi connectivity index (χ2v) is 4.69. The number of rotatable bonds is 2. The van der Waals surface area contributed by atoms with Crippen LogP contribution in [0, 0.1) is 27.7 Å². The second kappa shape index (κ2) is 5.18. The molecule has 1 heterocycles. The summed E-state index contributed by atoms with van der Waals surface area (Å²) < 4.78 is 0. The van der Waals surface area contributed by atoms with Crippen LogP contribution < -0.4 is 5.32 Å². The number of carbonyl (C=O) groups excluding carboxylic acids is 1. The Labute approximate surface area is 112 Å². The molecular formula is C15H17N3O. The van der Waals surface area contributed by atoms with Gasteiger partial charge in [0, 0.05) is 11.9 Å². The maximum absolute atomic E-state index is 12.2. The summed E-state index contributed by atoms with van der Waals surface area (Å²) in [4.78, 5) is 20.5. The van der Waals surface area contributed by atoms with Crippen molar-refractivity contribution in [2.24, 2.45) is 0 Å². The number of anilines is 1. The molecule has 0 spiro atoms. The van der Waals surface area contributed by atoms with E-state index < -0.39 is 0 Å². The highest BCUT2D eigenvalue weighted by atomic mass is 16.1. The number of nitrogens with zero attached hydrogens (tertiary/aromatic N) is 2. The highest BCUT2D eigenvalue weighted by molar-refractivity contribution is 6.05. The van der Waals surface area contributed by atoms with Crippen molar-refractivity contribution in [3.05, 3.63) is 52.6 Å². The van der Waals surface area contributed by atoms with Crippen molar-refractivity contribution in [3.63, 3.8) is 0 Å². The summed E-state index contributed by atoms with van der Waals surface area (Å²) in [5.41, 5.74) is 4.16. The Balaban J connectivity index is 2.28. The molecule has 0 fully saturated rings. The largest absolute Gasteiger partial charge is 0.322 e. The van der Waals surface area contributed by atoms with E-state index in [1.165, 1.54) is 0 Å². The van der Waals surface area contributed by atoms with Gasteiger partial charge in [0.25, 0.3) is 5.91 Å². The Bertz CT molecular complexity index is 635. The molecule has 0 atom stereocenters. The number of amides is 1. The van der Waals surface area contributed by atoms with Gasteiger partial charge in [-0.25, -0.2) is 9.97 Å². The molecule has 1 N–H and O–H groups in total. The first-order valence-corrected chi connectivity index (χ1v) is 6.16. The first kappa shape index (κ1) is 13.2. The topological polar surface area (TPSA) is 54.9 Å². The summed E-state index contributed by atoms with van der Waals surface area (Å²) in [6, 6.07) is 5.96. The molecule has 4 heteroatoms. The fraction of sp³-hybridized carbons (Fsp3) is 0.267. The van der Waals surface area contributed by atoms with Crippen LogP contribution in [-0.2, 0) is 0 Å². The number of aromatic nitrogens is 2. The van der Waals surface area contributed by atoms with Gasteiger partial charge in [-0.1, -0.05) is 12.1 Å². The maximum atomic E-state index is 12.2. The molecule has 98 valence electrons. The van der Waals surface area contributed by atoms with Gasteiger partial charge in [-0.3, -0.25) is 4.79 Å². The molecule has 0 aliphatic heterocycles. The number of benzene rings is 1. The molecule has 0 aliphatic rings. The fourth-order valence-electron chi connectivity index (χ4n) is 1.87. The van der Waals surface area contributed by atoms with Gasteiger partial charge < -0.3 is 5.32 Å². The third-order valence-electron chi connectivity index (χ3n) is 2.99. The van der Waals surface area contributed by atoms with Gasteiger partial charge in [0.05, 0.1) is 11.3 Å². The number of carbonyl (C=O) groups is 1. The molecule has 0 saturated carbocycles. The smallest absolute Gasteiger partial charge is 0.259 e. The van der Waals surface area contributed by atoms with Gasteiger partial charge in [0.2, 0.25) is 0 Å². The lowest BCUT2D eigenvalue weighted by Gasteiger charge is -2.10. The number of aryl methyl sites for hydroxylation is 4. The molecule has 0 radical (unpaired) electrons. The zero-order valence-electron chi connectivity index (χ0n) is 11.6. The molecule has 0 saturated heterocycles. The van der Waals surface area contributed by atoms with E-state index >= 15 is 0 Å². The Morgan fingerprint density at radius 2 is 1.89 bits per heavy atom. The minimum Gasteiger partial charge on any atom is -0.322 e. The van der Waals surface area contributed by atoms with Crippen LogP contribution in [0.4, 0.5) is 5.69 Å². The van der Waals surface area contributed by atoms with E-state index in [2.05, 4.69) is 15.3 Å². The molecule has 19 heavy (non-hydrogen) atoms. The molecule has 4 nitrogen and oxygen atoms in total. The summed E-state index contributed by atoms with van der Waals surface area (Å²) >= 11 is 0. The standard InChI is InChI=1S/C15H17N3O/c1-9-5-6-10(2)14(7-9)18-15(19)13-8-16-12(4)17-11(13)3/h5-8H,1-4H3,(H,18,19). The van der Waals surface area contributed by atoms with Crippen molar-refractivity contribution in [1.29, 1.82) is 0 Å². The normalized spacial score (nSPS) is 10.3. The van der Waals surface area contributed by atoms with Crippen LogP contribution in [0.1, 0.15) is 33.0 Å². The van der Waals surface area contributed by atoms with Crippen LogP contribution in [0.2, 0.25) is 0 Å². The van der Waals surface area contributed by atoms with Gasteiger partial charge in [0.15, 0.2) is 0 Å². The first-order chi connectivity index (χ1) is 8.97. The average molecular weight is 255 g/mol. The molecular weight excluding hydrogens is 238 g/mol. The van der Waals surface area contributed by atoms with Crippen LogP contribution in [0.5, 0.6) is 0 Å². The lowest BCUT2D eigenvalue weighted by Crippen LogP contribution is -2.15. The molecule has 1 amide bonds. The van der Waals surface area contributed by atoms with Crippen molar-refractivity contribution >= 4 is 11.6 Å². The van der Waals surface area contributed by atoms with E-state index in [1.807, 2.05) is 39.0 Å². The molecule has 0 bridgehead atoms. The van der Waals surface area contributed by atoms with Crippen LogP contribution in [0.15, 0.2) is 24.4 Å². The lowest BCUT2D eigenvalue weighted by molar-refractivity contribution is 0.102. The monoisotopic (exact) mass is 255 g/mol. The molecule has 1 aromatic carbocycles. The molecule has 0 unspecified atom stereocenters. The zero-order chi connectivity index (χ0) is 14.0. The Morgan fingerprint density at radius 1 is 1.16 bits per heavy atom. The quantitative estimate of drug-likeness (QED) is 0.897. The minimum atomic E-state index is -0.175. The maximum Gasteiger partial charge on any atom is 0.259 e. The van der Waals surface area contributed by atoms with Gasteiger partial charge >= 0.3 is 0 Å². The van der Waals surface area contributed by atoms with E-state index in [4.69, 9.17) is 0 Å². The third kappa shape index (κ3) is 2.96. The van der Waals surface area contributed by atoms with Crippen molar-refractivity contribution in [3.8, 4) is 0 Å². The zero-order valence-corrected chi connectivity index (χ0v) is 11.6. The van der Waals surface area contributed by atoms with Crippen molar-refractivity contribution in [2.75, 3.05) is 5.32 Å². The summed E-state index contributed by atoms with van der Waals surface area (Å²) in [6.07, 6.45) is 1.57. The van der Waals surface area contributed by atoms with Crippen LogP contribution >= 0.6 is 0 Å². The van der Waals surface area contributed by atoms with E-state index in [1.54, 1.807) is 13.1 Å². The Morgan fingerprint density at radius 3 is 2.58 bits per heavy atom. The van der Waals surface area contributed by atoms with Gasteiger partial charge in [-0.05, 0) is 44.9 Å². The van der Waals surface area contributed by atoms with E-state index in [0.717, 1.165) is 16.8 Å². The number of hydrogen-bond acceptors (Lipinski definition) is 3. The number of hydrogen-bond donors (Lipinski definition) is 1. The molecule has 2 aromatic rings. The predicted octanol–water partition coefficient (Wildman–Crippen LogP) is 2.96. The second-order valence-electron chi connectivity index (χ2n) is 4.69. The fourth-order valence-corrected chi connectivity index (χ4v) is 1.87. The van der Waals surface area contributed by atoms with Gasteiger partial charge in [-0.2, -0.15) is 0 Å². The predicted molar refractivity (Wildman–Crippen MR) is 75.4 cm³/mol. The average Bonchev–Trinajstić information content (AvgIpc) is 2.33. The summed E-state index contributed by atoms with van der Waals surface area (Å²) in [6.45, 7) is 7.58. The van der Waals surface area contributed by atoms with Crippen LogP contribution in [0.25, 0.3) is 0 Å².